The zero-order valence-electron chi connectivity index (χ0n) is 11.8. The predicted octanol–water partition coefficient (Wildman–Crippen LogP) is 3.27. The fraction of sp³-hybridized carbons (Fsp3) is 0.571. The molecule has 0 aliphatic heterocycles. The summed E-state index contributed by atoms with van der Waals surface area (Å²) in [5.74, 6) is 1.12. The van der Waals surface area contributed by atoms with Gasteiger partial charge in [-0.05, 0) is 52.9 Å². The largest absolute Gasteiger partial charge is 0.496 e. The summed E-state index contributed by atoms with van der Waals surface area (Å²) < 4.78 is 32.3. The molecule has 2 rings (SSSR count). The molecule has 0 spiro atoms. The second-order valence-corrected chi connectivity index (χ2v) is 8.13. The molecule has 1 aromatic carbocycles. The lowest BCUT2D eigenvalue weighted by atomic mass is 10.1. The molecule has 0 aromatic heterocycles. The number of rotatable bonds is 5. The van der Waals surface area contributed by atoms with Crippen LogP contribution in [-0.4, -0.2) is 33.4 Å². The highest BCUT2D eigenvalue weighted by molar-refractivity contribution is 9.10. The second-order valence-electron chi connectivity index (χ2n) is 5.23. The van der Waals surface area contributed by atoms with Crippen molar-refractivity contribution in [2.24, 2.45) is 5.92 Å². The van der Waals surface area contributed by atoms with Gasteiger partial charge in [-0.2, -0.15) is 0 Å². The van der Waals surface area contributed by atoms with Gasteiger partial charge in [0, 0.05) is 13.6 Å². The van der Waals surface area contributed by atoms with Crippen LogP contribution < -0.4 is 4.74 Å². The van der Waals surface area contributed by atoms with E-state index in [1.165, 1.54) is 17.1 Å². The number of ether oxygens (including phenoxy) is 1. The van der Waals surface area contributed by atoms with Crippen molar-refractivity contribution in [3.05, 3.63) is 22.7 Å². The first-order valence-corrected chi connectivity index (χ1v) is 8.98. The molecule has 4 nitrogen and oxygen atoms in total. The molecule has 1 aliphatic rings. The van der Waals surface area contributed by atoms with Gasteiger partial charge in [-0.1, -0.05) is 12.8 Å². The summed E-state index contributed by atoms with van der Waals surface area (Å²) in [6, 6.07) is 4.85. The van der Waals surface area contributed by atoms with Gasteiger partial charge in [-0.15, -0.1) is 0 Å². The molecule has 0 heterocycles. The first kappa shape index (κ1) is 15.8. The Morgan fingerprint density at radius 1 is 1.35 bits per heavy atom. The van der Waals surface area contributed by atoms with Crippen LogP contribution in [0.2, 0.25) is 0 Å². The topological polar surface area (TPSA) is 46.6 Å². The number of sulfonamides is 1. The molecule has 0 amide bonds. The predicted molar refractivity (Wildman–Crippen MR) is 82.5 cm³/mol. The van der Waals surface area contributed by atoms with Gasteiger partial charge in [0.15, 0.2) is 0 Å². The molecule has 0 bridgehead atoms. The SMILES string of the molecule is COc1ccc(S(=O)(=O)N(C)CC2CCCC2)cc1Br. The molecule has 1 aromatic rings. The number of nitrogens with zero attached hydrogens (tertiary/aromatic N) is 1. The Hall–Kier alpha value is -0.590. The number of hydrogen-bond acceptors (Lipinski definition) is 3. The van der Waals surface area contributed by atoms with Crippen molar-refractivity contribution in [1.82, 2.24) is 4.31 Å². The highest BCUT2D eigenvalue weighted by Gasteiger charge is 2.26. The van der Waals surface area contributed by atoms with Gasteiger partial charge in [-0.3, -0.25) is 0 Å². The third-order valence-corrected chi connectivity index (χ3v) is 6.26. The van der Waals surface area contributed by atoms with Crippen LogP contribution in [0.1, 0.15) is 25.7 Å². The van der Waals surface area contributed by atoms with Gasteiger partial charge in [0.2, 0.25) is 10.0 Å². The van der Waals surface area contributed by atoms with Crippen LogP contribution in [0.4, 0.5) is 0 Å². The lowest BCUT2D eigenvalue weighted by Crippen LogP contribution is -2.31. The van der Waals surface area contributed by atoms with Gasteiger partial charge in [0.05, 0.1) is 16.5 Å². The van der Waals surface area contributed by atoms with E-state index in [9.17, 15) is 8.42 Å². The number of methoxy groups -OCH3 is 1. The van der Waals surface area contributed by atoms with E-state index in [0.29, 0.717) is 27.6 Å². The van der Waals surface area contributed by atoms with E-state index in [4.69, 9.17) is 4.74 Å². The molecular formula is C14H20BrNO3S. The maximum atomic E-state index is 12.5. The number of benzene rings is 1. The average Bonchev–Trinajstić information content (AvgIpc) is 2.91. The standard InChI is InChI=1S/C14H20BrNO3S/c1-16(10-11-5-3-4-6-11)20(17,18)12-7-8-14(19-2)13(15)9-12/h7-9,11H,3-6,10H2,1-2H3. The molecular weight excluding hydrogens is 342 g/mol. The molecule has 112 valence electrons. The van der Waals surface area contributed by atoms with Crippen LogP contribution in [0.25, 0.3) is 0 Å². The molecule has 0 N–H and O–H groups in total. The molecule has 6 heteroatoms. The van der Waals surface area contributed by atoms with E-state index in [1.807, 2.05) is 0 Å². The maximum absolute atomic E-state index is 12.5. The van der Waals surface area contributed by atoms with Crippen molar-refractivity contribution in [3.63, 3.8) is 0 Å². The Morgan fingerprint density at radius 3 is 2.55 bits per heavy atom. The van der Waals surface area contributed by atoms with Crippen molar-refractivity contribution in [3.8, 4) is 5.75 Å². The van der Waals surface area contributed by atoms with Gasteiger partial charge in [0.1, 0.15) is 5.75 Å². The third-order valence-electron chi connectivity index (χ3n) is 3.82. The highest BCUT2D eigenvalue weighted by Crippen LogP contribution is 2.30. The summed E-state index contributed by atoms with van der Waals surface area (Å²) in [5.41, 5.74) is 0. The molecule has 0 unspecified atom stereocenters. The first-order valence-electron chi connectivity index (χ1n) is 6.75. The van der Waals surface area contributed by atoms with Gasteiger partial charge >= 0.3 is 0 Å². The van der Waals surface area contributed by atoms with Crippen LogP contribution >= 0.6 is 15.9 Å². The van der Waals surface area contributed by atoms with Crippen LogP contribution in [0.15, 0.2) is 27.6 Å². The molecule has 0 saturated heterocycles. The zero-order chi connectivity index (χ0) is 14.8. The maximum Gasteiger partial charge on any atom is 0.242 e. The van der Waals surface area contributed by atoms with Crippen molar-refractivity contribution in [2.45, 2.75) is 30.6 Å². The summed E-state index contributed by atoms with van der Waals surface area (Å²) >= 11 is 3.33. The van der Waals surface area contributed by atoms with Gasteiger partial charge < -0.3 is 4.74 Å². The fourth-order valence-electron chi connectivity index (χ4n) is 2.64. The smallest absolute Gasteiger partial charge is 0.242 e. The Labute approximate surface area is 129 Å². The fourth-order valence-corrected chi connectivity index (χ4v) is 4.61. The average molecular weight is 362 g/mol. The summed E-state index contributed by atoms with van der Waals surface area (Å²) in [6.45, 7) is 0.603. The Kier molecular flexibility index (Phi) is 5.09. The summed E-state index contributed by atoms with van der Waals surface area (Å²) in [6.07, 6.45) is 4.69. The van der Waals surface area contributed by atoms with Crippen molar-refractivity contribution >= 4 is 26.0 Å². The Bertz CT molecular complexity index is 568. The van der Waals surface area contributed by atoms with Crippen LogP contribution in [0.5, 0.6) is 5.75 Å². The van der Waals surface area contributed by atoms with E-state index >= 15 is 0 Å². The van der Waals surface area contributed by atoms with Crippen LogP contribution in [0, 0.1) is 5.92 Å². The van der Waals surface area contributed by atoms with Crippen LogP contribution in [0.3, 0.4) is 0 Å². The molecule has 1 aliphatic carbocycles. The zero-order valence-corrected chi connectivity index (χ0v) is 14.2. The van der Waals surface area contributed by atoms with Crippen molar-refractivity contribution in [1.29, 1.82) is 0 Å². The van der Waals surface area contributed by atoms with E-state index in [1.54, 1.807) is 32.4 Å². The Balaban J connectivity index is 2.18. The summed E-state index contributed by atoms with van der Waals surface area (Å²) in [7, 11) is -0.212. The first-order chi connectivity index (χ1) is 9.45. The third kappa shape index (κ3) is 3.35. The monoisotopic (exact) mass is 361 g/mol. The second kappa shape index (κ2) is 6.45. The van der Waals surface area contributed by atoms with Crippen LogP contribution in [-0.2, 0) is 10.0 Å². The van der Waals surface area contributed by atoms with Gasteiger partial charge in [-0.25, -0.2) is 12.7 Å². The molecule has 0 radical (unpaired) electrons. The van der Waals surface area contributed by atoms with E-state index in [0.717, 1.165) is 12.8 Å². The summed E-state index contributed by atoms with van der Waals surface area (Å²) in [5, 5.41) is 0. The van der Waals surface area contributed by atoms with E-state index in [2.05, 4.69) is 15.9 Å². The summed E-state index contributed by atoms with van der Waals surface area (Å²) in [4.78, 5) is 0.297. The molecule has 1 fully saturated rings. The number of halogens is 1. The number of hydrogen-bond donors (Lipinski definition) is 0. The van der Waals surface area contributed by atoms with Gasteiger partial charge in [0.25, 0.3) is 0 Å². The quantitative estimate of drug-likeness (QED) is 0.808. The van der Waals surface area contributed by atoms with Crippen molar-refractivity contribution in [2.75, 3.05) is 20.7 Å². The minimum Gasteiger partial charge on any atom is -0.496 e. The van der Waals surface area contributed by atoms with E-state index < -0.39 is 10.0 Å². The van der Waals surface area contributed by atoms with E-state index in [-0.39, 0.29) is 0 Å². The minimum atomic E-state index is -3.43. The lowest BCUT2D eigenvalue weighted by Gasteiger charge is -2.21. The lowest BCUT2D eigenvalue weighted by molar-refractivity contribution is 0.387. The highest BCUT2D eigenvalue weighted by atomic mass is 79.9. The molecule has 20 heavy (non-hydrogen) atoms. The minimum absolute atomic E-state index is 0.297. The molecule has 0 atom stereocenters. The molecule has 1 saturated carbocycles. The normalized spacial score (nSPS) is 16.8. The van der Waals surface area contributed by atoms with Crippen molar-refractivity contribution < 1.29 is 13.2 Å². The Morgan fingerprint density at radius 2 is 2.00 bits per heavy atom.